The van der Waals surface area contributed by atoms with Crippen LogP contribution in [0.3, 0.4) is 0 Å². The topological polar surface area (TPSA) is 96.2 Å². The molecule has 0 aromatic rings. The lowest BCUT2D eigenvalue weighted by molar-refractivity contribution is -0.220. The highest BCUT2D eigenvalue weighted by Crippen LogP contribution is 2.73. The number of rotatable bonds is 2. The molecule has 38 heavy (non-hydrogen) atoms. The van der Waals surface area contributed by atoms with Crippen molar-refractivity contribution >= 4 is 5.97 Å². The smallest absolute Gasteiger partial charge is 0.302 e. The van der Waals surface area contributed by atoms with Crippen molar-refractivity contribution < 1.29 is 29.6 Å². The van der Waals surface area contributed by atoms with Crippen LogP contribution >= 0.6 is 0 Å². The highest BCUT2D eigenvalue weighted by atomic mass is 16.5. The molecule has 3 N–H and O–H groups in total. The molecule has 5 rings (SSSR count). The quantitative estimate of drug-likeness (QED) is 0.341. The molecule has 11 atom stereocenters. The second-order valence-electron chi connectivity index (χ2n) is 15.4. The summed E-state index contributed by atoms with van der Waals surface area (Å²) in [7, 11) is 0. The molecule has 6 nitrogen and oxygen atoms in total. The molecule has 6 heteroatoms. The van der Waals surface area contributed by atoms with Crippen LogP contribution in [0.4, 0.5) is 0 Å². The largest absolute Gasteiger partial charge is 0.462 e. The molecule has 5 aliphatic rings. The number of hydrogen-bond donors (Lipinski definition) is 3. The molecule has 0 spiro atoms. The summed E-state index contributed by atoms with van der Waals surface area (Å²) in [6.45, 7) is 17.4. The minimum Gasteiger partial charge on any atom is -0.462 e. The van der Waals surface area contributed by atoms with Crippen LogP contribution in [0.25, 0.3) is 0 Å². The van der Waals surface area contributed by atoms with E-state index in [2.05, 4.69) is 40.7 Å². The van der Waals surface area contributed by atoms with Gasteiger partial charge in [0.1, 0.15) is 12.2 Å². The third kappa shape index (κ3) is 3.90. The van der Waals surface area contributed by atoms with E-state index in [1.54, 1.807) is 0 Å². The summed E-state index contributed by atoms with van der Waals surface area (Å²) in [4.78, 5) is 11.9. The van der Waals surface area contributed by atoms with E-state index in [1.165, 1.54) is 12.5 Å². The fraction of sp³-hybridized carbons (Fsp3) is 0.906. The van der Waals surface area contributed by atoms with Crippen LogP contribution in [0.1, 0.15) is 100 Å². The molecule has 0 aromatic heterocycles. The third-order valence-electron chi connectivity index (χ3n) is 12.9. The zero-order chi connectivity index (χ0) is 28.1. The van der Waals surface area contributed by atoms with Gasteiger partial charge in [0.25, 0.3) is 0 Å². The van der Waals surface area contributed by atoms with Crippen LogP contribution in [0, 0.1) is 45.3 Å². The predicted octanol–water partition coefficient (Wildman–Crippen LogP) is 5.03. The van der Waals surface area contributed by atoms with E-state index in [0.717, 1.165) is 38.5 Å². The van der Waals surface area contributed by atoms with Gasteiger partial charge in [-0.3, -0.25) is 4.79 Å². The minimum atomic E-state index is -0.898. The molecule has 1 aliphatic heterocycles. The normalized spacial score (nSPS) is 51.6. The zero-order valence-corrected chi connectivity index (χ0v) is 24.9. The fourth-order valence-corrected chi connectivity index (χ4v) is 10.8. The van der Waals surface area contributed by atoms with Gasteiger partial charge in [0.15, 0.2) is 0 Å². The maximum atomic E-state index is 12.0. The van der Waals surface area contributed by atoms with Gasteiger partial charge < -0.3 is 24.8 Å². The molecule has 0 unspecified atom stereocenters. The first-order chi connectivity index (χ1) is 17.5. The number of allylic oxidation sites excluding steroid dienone is 1. The van der Waals surface area contributed by atoms with E-state index in [1.807, 2.05) is 13.8 Å². The van der Waals surface area contributed by atoms with Gasteiger partial charge in [0, 0.05) is 17.8 Å². The van der Waals surface area contributed by atoms with Crippen molar-refractivity contribution in [1.82, 2.24) is 0 Å². The van der Waals surface area contributed by atoms with Crippen LogP contribution in [0.5, 0.6) is 0 Å². The Labute approximate surface area is 229 Å². The lowest BCUT2D eigenvalue weighted by atomic mass is 9.37. The van der Waals surface area contributed by atoms with Crippen molar-refractivity contribution in [3.63, 3.8) is 0 Å². The van der Waals surface area contributed by atoms with Crippen LogP contribution in [0.15, 0.2) is 11.6 Å². The number of aliphatic hydroxyl groups is 3. The lowest BCUT2D eigenvalue weighted by Crippen LogP contribution is -2.65. The second kappa shape index (κ2) is 9.03. The van der Waals surface area contributed by atoms with Crippen LogP contribution in [-0.4, -0.2) is 57.9 Å². The maximum Gasteiger partial charge on any atom is 0.302 e. The Balaban J connectivity index is 1.45. The number of ether oxygens (including phenoxy) is 2. The number of carbonyl (C=O) groups excluding carboxylic acids is 1. The molecule has 4 fully saturated rings. The first-order valence-electron chi connectivity index (χ1n) is 15.1. The SMILES string of the molecule is CC(=O)O[C@@H]1CC[C@]2(C)[C@H]3CC[C@]4(C)C(=CC[C@@H]4[C@H]4COC(C)(C)[C@@H](O)[C@H](O)C4)[C@]3(C)[C@H](O)C[C@H]2C1(C)C. The number of hydrogen-bond acceptors (Lipinski definition) is 6. The molecule has 0 bridgehead atoms. The van der Waals surface area contributed by atoms with Crippen LogP contribution in [0.2, 0.25) is 0 Å². The van der Waals surface area contributed by atoms with Crippen molar-refractivity contribution in [2.75, 3.05) is 6.61 Å². The van der Waals surface area contributed by atoms with Gasteiger partial charge in [0.2, 0.25) is 0 Å². The van der Waals surface area contributed by atoms with Gasteiger partial charge >= 0.3 is 5.97 Å². The Kier molecular flexibility index (Phi) is 6.79. The molecule has 0 radical (unpaired) electrons. The average Bonchev–Trinajstić information content (AvgIpc) is 3.13. The molecule has 1 heterocycles. The second-order valence-corrected chi connectivity index (χ2v) is 15.4. The van der Waals surface area contributed by atoms with Crippen LogP contribution < -0.4 is 0 Å². The number of fused-ring (bicyclic) bond motifs is 5. The Bertz CT molecular complexity index is 986. The molecule has 4 aliphatic carbocycles. The monoisotopic (exact) mass is 532 g/mol. The summed E-state index contributed by atoms with van der Waals surface area (Å²) in [5, 5.41) is 33.5. The van der Waals surface area contributed by atoms with Crippen molar-refractivity contribution in [3.05, 3.63) is 11.6 Å². The van der Waals surface area contributed by atoms with Crippen molar-refractivity contribution in [2.24, 2.45) is 45.3 Å². The summed E-state index contributed by atoms with van der Waals surface area (Å²) < 4.78 is 12.0. The van der Waals surface area contributed by atoms with E-state index in [-0.39, 0.29) is 45.6 Å². The van der Waals surface area contributed by atoms with Crippen molar-refractivity contribution in [2.45, 2.75) is 130 Å². The maximum absolute atomic E-state index is 12.0. The highest BCUT2D eigenvalue weighted by molar-refractivity contribution is 5.66. The highest BCUT2D eigenvalue weighted by Gasteiger charge is 2.68. The van der Waals surface area contributed by atoms with E-state index >= 15 is 0 Å². The summed E-state index contributed by atoms with van der Waals surface area (Å²) in [6, 6.07) is 0. The predicted molar refractivity (Wildman–Crippen MR) is 146 cm³/mol. The molecule has 0 aromatic carbocycles. The van der Waals surface area contributed by atoms with Crippen molar-refractivity contribution in [1.29, 1.82) is 0 Å². The van der Waals surface area contributed by atoms with Gasteiger partial charge in [-0.1, -0.05) is 46.3 Å². The summed E-state index contributed by atoms with van der Waals surface area (Å²) in [5.41, 5.74) is 0.138. The van der Waals surface area contributed by atoms with Gasteiger partial charge in [-0.05, 0) is 93.3 Å². The molecule has 0 amide bonds. The summed E-state index contributed by atoms with van der Waals surface area (Å²) in [5.74, 6) is 0.892. The van der Waals surface area contributed by atoms with Crippen LogP contribution in [-0.2, 0) is 14.3 Å². The Morgan fingerprint density at radius 3 is 2.32 bits per heavy atom. The van der Waals surface area contributed by atoms with Gasteiger partial charge in [-0.25, -0.2) is 0 Å². The number of carbonyl (C=O) groups is 1. The summed E-state index contributed by atoms with van der Waals surface area (Å²) >= 11 is 0. The van der Waals surface area contributed by atoms with E-state index < -0.39 is 23.9 Å². The standard InChI is InChI=1S/C32H52O6/c1-18(33)38-26-12-14-31(7)23-11-13-30(6)20(19-15-21(34)27(36)29(4,5)37-17-19)9-10-22(30)32(23,8)25(35)16-24(31)28(26,2)3/h10,19-21,23-27,34-36H,9,11-17H2,1-8H3/t19-,20-,21-,23-,24+,25-,26-,27+,30+,31-,32+/m1/s1. The fourth-order valence-electron chi connectivity index (χ4n) is 10.8. The first-order valence-corrected chi connectivity index (χ1v) is 15.1. The molecular weight excluding hydrogens is 480 g/mol. The Morgan fingerprint density at radius 1 is 0.974 bits per heavy atom. The number of aliphatic hydroxyl groups excluding tert-OH is 3. The minimum absolute atomic E-state index is 0.0597. The van der Waals surface area contributed by atoms with Crippen molar-refractivity contribution in [3.8, 4) is 0 Å². The van der Waals surface area contributed by atoms with Gasteiger partial charge in [-0.2, -0.15) is 0 Å². The molecule has 1 saturated heterocycles. The average molecular weight is 533 g/mol. The van der Waals surface area contributed by atoms with E-state index in [4.69, 9.17) is 9.47 Å². The first kappa shape index (κ1) is 28.6. The summed E-state index contributed by atoms with van der Waals surface area (Å²) in [6.07, 6.45) is 6.35. The molecular formula is C32H52O6. The number of esters is 1. The van der Waals surface area contributed by atoms with Gasteiger partial charge in [0.05, 0.1) is 24.4 Å². The van der Waals surface area contributed by atoms with E-state index in [0.29, 0.717) is 24.9 Å². The Morgan fingerprint density at radius 2 is 1.66 bits per heavy atom. The Hall–Kier alpha value is -0.950. The van der Waals surface area contributed by atoms with Gasteiger partial charge in [-0.15, -0.1) is 0 Å². The lowest BCUT2D eigenvalue weighted by Gasteiger charge is -2.68. The molecule has 216 valence electrons. The zero-order valence-electron chi connectivity index (χ0n) is 24.9. The van der Waals surface area contributed by atoms with E-state index in [9.17, 15) is 20.1 Å². The molecule has 3 saturated carbocycles. The third-order valence-corrected chi connectivity index (χ3v) is 12.9.